The van der Waals surface area contributed by atoms with Crippen LogP contribution in [0.4, 0.5) is 5.69 Å². The van der Waals surface area contributed by atoms with Crippen LogP contribution in [0.2, 0.25) is 0 Å². The highest BCUT2D eigenvalue weighted by Gasteiger charge is 2.29. The summed E-state index contributed by atoms with van der Waals surface area (Å²) in [5, 5.41) is 0. The number of nitrogen functional groups attached to an aromatic ring is 1. The lowest BCUT2D eigenvalue weighted by Gasteiger charge is -2.32. The summed E-state index contributed by atoms with van der Waals surface area (Å²) in [4.78, 5) is 0.274. The number of hydrogen-bond donors (Lipinski definition) is 3. The predicted molar refractivity (Wildman–Crippen MR) is 66.8 cm³/mol. The molecule has 0 unspecified atom stereocenters. The van der Waals surface area contributed by atoms with Gasteiger partial charge in [-0.2, -0.15) is 0 Å². The lowest BCUT2D eigenvalue weighted by Crippen LogP contribution is -2.43. The third kappa shape index (κ3) is 2.77. The van der Waals surface area contributed by atoms with Gasteiger partial charge in [-0.3, -0.25) is 5.84 Å². The highest BCUT2D eigenvalue weighted by molar-refractivity contribution is 7.89. The van der Waals surface area contributed by atoms with Crippen LogP contribution in [-0.2, 0) is 10.0 Å². The van der Waals surface area contributed by atoms with Gasteiger partial charge in [0.1, 0.15) is 0 Å². The van der Waals surface area contributed by atoms with Gasteiger partial charge in [0.05, 0.1) is 4.90 Å². The van der Waals surface area contributed by atoms with E-state index in [9.17, 15) is 8.42 Å². The first-order chi connectivity index (χ1) is 8.01. The van der Waals surface area contributed by atoms with Gasteiger partial charge >= 0.3 is 0 Å². The topological polar surface area (TPSA) is 84.2 Å². The molecule has 0 amide bonds. The standard InChI is InChI=1S/C11H17N3O2S/c1-8-6-10(7-8)14-17(15,16)11-4-2-9(13-12)3-5-11/h2-5,8,10,13-14H,6-7,12H2,1H3. The maximum Gasteiger partial charge on any atom is 0.240 e. The van der Waals surface area contributed by atoms with Crippen molar-refractivity contribution in [3.05, 3.63) is 24.3 Å². The summed E-state index contributed by atoms with van der Waals surface area (Å²) < 4.78 is 26.7. The molecule has 1 saturated carbocycles. The van der Waals surface area contributed by atoms with Gasteiger partial charge in [0, 0.05) is 11.7 Å². The van der Waals surface area contributed by atoms with Gasteiger partial charge in [-0.05, 0) is 43.0 Å². The molecule has 17 heavy (non-hydrogen) atoms. The molecule has 1 fully saturated rings. The maximum absolute atomic E-state index is 12.0. The molecule has 0 aliphatic heterocycles. The molecule has 1 aromatic rings. The number of rotatable bonds is 4. The van der Waals surface area contributed by atoms with Crippen molar-refractivity contribution in [2.24, 2.45) is 11.8 Å². The van der Waals surface area contributed by atoms with Crippen molar-refractivity contribution in [3.8, 4) is 0 Å². The van der Waals surface area contributed by atoms with Crippen LogP contribution in [0, 0.1) is 5.92 Å². The molecule has 4 N–H and O–H groups in total. The van der Waals surface area contributed by atoms with Crippen LogP contribution >= 0.6 is 0 Å². The Labute approximate surface area is 101 Å². The van der Waals surface area contributed by atoms with Gasteiger partial charge in [-0.1, -0.05) is 6.92 Å². The Hall–Kier alpha value is -1.11. The minimum absolute atomic E-state index is 0.0855. The molecule has 1 aromatic carbocycles. The normalized spacial score (nSPS) is 24.1. The van der Waals surface area contributed by atoms with E-state index in [0.29, 0.717) is 11.6 Å². The molecule has 0 aromatic heterocycles. The molecular formula is C11H17N3O2S. The Kier molecular flexibility index (Phi) is 3.37. The monoisotopic (exact) mass is 255 g/mol. The Morgan fingerprint density at radius 1 is 1.24 bits per heavy atom. The molecule has 0 spiro atoms. The molecule has 2 rings (SSSR count). The van der Waals surface area contributed by atoms with Crippen LogP contribution in [0.5, 0.6) is 0 Å². The Morgan fingerprint density at radius 2 is 1.82 bits per heavy atom. The number of hydrogen-bond acceptors (Lipinski definition) is 4. The molecule has 6 heteroatoms. The SMILES string of the molecule is CC1CC(NS(=O)(=O)c2ccc(NN)cc2)C1. The van der Waals surface area contributed by atoms with E-state index in [1.165, 1.54) is 0 Å². The van der Waals surface area contributed by atoms with Crippen LogP contribution in [0.1, 0.15) is 19.8 Å². The Bertz CT molecular complexity index is 478. The fraction of sp³-hybridized carbons (Fsp3) is 0.455. The first kappa shape index (κ1) is 12.3. The van der Waals surface area contributed by atoms with E-state index in [1.807, 2.05) is 0 Å². The fourth-order valence-corrected chi connectivity index (χ4v) is 3.28. The van der Waals surface area contributed by atoms with E-state index in [2.05, 4.69) is 17.1 Å². The number of hydrazine groups is 1. The number of anilines is 1. The van der Waals surface area contributed by atoms with Gasteiger partial charge in [0.15, 0.2) is 0 Å². The van der Waals surface area contributed by atoms with Gasteiger partial charge in [0.25, 0.3) is 0 Å². The molecule has 0 atom stereocenters. The summed E-state index contributed by atoms with van der Waals surface area (Å²) >= 11 is 0. The third-order valence-electron chi connectivity index (χ3n) is 3.03. The summed E-state index contributed by atoms with van der Waals surface area (Å²) in [6.07, 6.45) is 1.84. The van der Waals surface area contributed by atoms with Crippen molar-refractivity contribution in [2.45, 2.75) is 30.7 Å². The van der Waals surface area contributed by atoms with E-state index >= 15 is 0 Å². The second-order valence-electron chi connectivity index (χ2n) is 4.56. The Morgan fingerprint density at radius 3 is 2.29 bits per heavy atom. The van der Waals surface area contributed by atoms with Crippen molar-refractivity contribution in [1.29, 1.82) is 0 Å². The molecule has 5 nitrogen and oxygen atoms in total. The molecule has 0 heterocycles. The van der Waals surface area contributed by atoms with Gasteiger partial charge in [-0.15, -0.1) is 0 Å². The molecule has 0 saturated heterocycles. The summed E-state index contributed by atoms with van der Waals surface area (Å²) in [5.41, 5.74) is 3.14. The van der Waals surface area contributed by atoms with Crippen molar-refractivity contribution >= 4 is 15.7 Å². The maximum atomic E-state index is 12.0. The van der Waals surface area contributed by atoms with Crippen LogP contribution in [-0.4, -0.2) is 14.5 Å². The van der Waals surface area contributed by atoms with Crippen molar-refractivity contribution in [2.75, 3.05) is 5.43 Å². The second-order valence-corrected chi connectivity index (χ2v) is 6.28. The predicted octanol–water partition coefficient (Wildman–Crippen LogP) is 1.05. The van der Waals surface area contributed by atoms with Crippen molar-refractivity contribution < 1.29 is 8.42 Å². The highest BCUT2D eigenvalue weighted by atomic mass is 32.2. The smallest absolute Gasteiger partial charge is 0.240 e. The number of sulfonamides is 1. The molecular weight excluding hydrogens is 238 g/mol. The van der Waals surface area contributed by atoms with Crippen LogP contribution in [0.3, 0.4) is 0 Å². The van der Waals surface area contributed by atoms with Crippen LogP contribution in [0.15, 0.2) is 29.2 Å². The van der Waals surface area contributed by atoms with Gasteiger partial charge in [-0.25, -0.2) is 13.1 Å². The summed E-state index contributed by atoms with van der Waals surface area (Å²) in [6.45, 7) is 2.12. The number of benzene rings is 1. The van der Waals surface area contributed by atoms with Gasteiger partial charge < -0.3 is 5.43 Å². The average Bonchev–Trinajstić information content (AvgIpc) is 2.27. The van der Waals surface area contributed by atoms with Crippen LogP contribution < -0.4 is 16.0 Å². The zero-order valence-electron chi connectivity index (χ0n) is 9.68. The largest absolute Gasteiger partial charge is 0.324 e. The quantitative estimate of drug-likeness (QED) is 0.554. The minimum atomic E-state index is -3.39. The average molecular weight is 255 g/mol. The Balaban J connectivity index is 2.08. The lowest BCUT2D eigenvalue weighted by molar-refractivity contribution is 0.270. The molecule has 1 aliphatic rings. The zero-order valence-corrected chi connectivity index (χ0v) is 10.5. The first-order valence-electron chi connectivity index (χ1n) is 5.60. The second kappa shape index (κ2) is 4.64. The molecule has 94 valence electrons. The van der Waals surface area contributed by atoms with Crippen LogP contribution in [0.25, 0.3) is 0 Å². The highest BCUT2D eigenvalue weighted by Crippen LogP contribution is 2.27. The first-order valence-corrected chi connectivity index (χ1v) is 7.08. The third-order valence-corrected chi connectivity index (χ3v) is 4.56. The van der Waals surface area contributed by atoms with E-state index in [1.54, 1.807) is 24.3 Å². The van der Waals surface area contributed by atoms with Crippen molar-refractivity contribution in [3.63, 3.8) is 0 Å². The summed E-state index contributed by atoms with van der Waals surface area (Å²) in [7, 11) is -3.39. The van der Waals surface area contributed by atoms with Gasteiger partial charge in [0.2, 0.25) is 10.0 Å². The van der Waals surface area contributed by atoms with E-state index in [-0.39, 0.29) is 10.9 Å². The summed E-state index contributed by atoms with van der Waals surface area (Å²) in [6, 6.07) is 6.44. The zero-order chi connectivity index (χ0) is 12.5. The number of nitrogens with one attached hydrogen (secondary N) is 2. The van der Waals surface area contributed by atoms with E-state index in [4.69, 9.17) is 5.84 Å². The van der Waals surface area contributed by atoms with E-state index < -0.39 is 10.0 Å². The summed E-state index contributed by atoms with van der Waals surface area (Å²) in [5.74, 6) is 5.84. The van der Waals surface area contributed by atoms with Crippen molar-refractivity contribution in [1.82, 2.24) is 4.72 Å². The molecule has 0 bridgehead atoms. The number of nitrogens with two attached hydrogens (primary N) is 1. The lowest BCUT2D eigenvalue weighted by atomic mass is 9.83. The minimum Gasteiger partial charge on any atom is -0.324 e. The molecule has 0 radical (unpaired) electrons. The fourth-order valence-electron chi connectivity index (χ4n) is 2.02. The molecule has 1 aliphatic carbocycles. The van der Waals surface area contributed by atoms with E-state index in [0.717, 1.165) is 12.8 Å².